The average Bonchev–Trinajstić information content (AvgIpc) is 2.31. The van der Waals surface area contributed by atoms with Crippen molar-refractivity contribution in [2.24, 2.45) is 0 Å². The van der Waals surface area contributed by atoms with Crippen LogP contribution in [0.1, 0.15) is 32.6 Å². The van der Waals surface area contributed by atoms with Crippen molar-refractivity contribution in [3.8, 4) is 0 Å². The molecule has 1 fully saturated rings. The van der Waals surface area contributed by atoms with Gasteiger partial charge >= 0.3 is 0 Å². The van der Waals surface area contributed by atoms with Gasteiger partial charge in [0.2, 0.25) is 0 Å². The van der Waals surface area contributed by atoms with Crippen LogP contribution in [0.4, 0.5) is 4.39 Å². The largest absolute Gasteiger partial charge is 0.317 e. The van der Waals surface area contributed by atoms with E-state index in [2.05, 4.69) is 18.5 Å². The first-order chi connectivity index (χ1) is 7.22. The van der Waals surface area contributed by atoms with Gasteiger partial charge in [0, 0.05) is 0 Å². The Bertz CT molecular complexity index is 203. The number of nitrogens with one attached hydrogen (secondary N) is 1. The molecule has 2 heteroatoms. The third kappa shape index (κ3) is 8.13. The molecule has 0 amide bonds. The van der Waals surface area contributed by atoms with Crippen molar-refractivity contribution < 1.29 is 4.39 Å². The number of piperidine rings is 1. The fourth-order valence-corrected chi connectivity index (χ4v) is 1.19. The molecule has 1 rings (SSSR count). The van der Waals surface area contributed by atoms with Crippen LogP contribution in [-0.4, -0.2) is 13.1 Å². The minimum absolute atomic E-state index is 0.271. The van der Waals surface area contributed by atoms with E-state index in [4.69, 9.17) is 0 Å². The molecule has 1 aliphatic rings. The smallest absolute Gasteiger partial charge is 0.125 e. The molecular weight excluding hydrogens is 189 g/mol. The molecule has 1 saturated heterocycles. The molecular formula is C13H22FN. The van der Waals surface area contributed by atoms with Crippen LogP contribution in [0.15, 0.2) is 36.7 Å². The molecule has 0 spiro atoms. The number of rotatable bonds is 3. The summed E-state index contributed by atoms with van der Waals surface area (Å²) in [4.78, 5) is 0. The molecule has 0 saturated carbocycles. The summed E-state index contributed by atoms with van der Waals surface area (Å²) in [6.07, 6.45) is 7.59. The summed E-state index contributed by atoms with van der Waals surface area (Å²) >= 11 is 0. The Morgan fingerprint density at radius 2 is 1.93 bits per heavy atom. The molecule has 0 bridgehead atoms. The maximum Gasteiger partial charge on any atom is 0.125 e. The SMILES string of the molecule is C1CCNCC1.C=C/C=C(/F)C(=C)CC. The Morgan fingerprint density at radius 3 is 2.20 bits per heavy atom. The summed E-state index contributed by atoms with van der Waals surface area (Å²) in [6.45, 7) is 11.2. The molecule has 15 heavy (non-hydrogen) atoms. The number of hydrogen-bond donors (Lipinski definition) is 1. The third-order valence-electron chi connectivity index (χ3n) is 2.24. The maximum absolute atomic E-state index is 12.5. The van der Waals surface area contributed by atoms with Crippen molar-refractivity contribution in [1.29, 1.82) is 0 Å². The van der Waals surface area contributed by atoms with E-state index in [1.165, 1.54) is 44.5 Å². The lowest BCUT2D eigenvalue weighted by Crippen LogP contribution is -2.21. The molecule has 0 radical (unpaired) electrons. The van der Waals surface area contributed by atoms with Crippen molar-refractivity contribution in [1.82, 2.24) is 5.32 Å². The molecule has 0 aromatic carbocycles. The van der Waals surface area contributed by atoms with E-state index in [0.29, 0.717) is 12.0 Å². The highest BCUT2D eigenvalue weighted by molar-refractivity contribution is 5.24. The summed E-state index contributed by atoms with van der Waals surface area (Å²) in [5.41, 5.74) is 0.523. The summed E-state index contributed by atoms with van der Waals surface area (Å²) in [7, 11) is 0. The zero-order valence-electron chi connectivity index (χ0n) is 9.69. The van der Waals surface area contributed by atoms with Crippen molar-refractivity contribution in [2.45, 2.75) is 32.6 Å². The second-order valence-corrected chi connectivity index (χ2v) is 3.52. The number of allylic oxidation sites excluding steroid dienone is 4. The van der Waals surface area contributed by atoms with E-state index in [1.807, 2.05) is 6.92 Å². The lowest BCUT2D eigenvalue weighted by atomic mass is 10.2. The van der Waals surface area contributed by atoms with Gasteiger partial charge in [0.05, 0.1) is 0 Å². The van der Waals surface area contributed by atoms with E-state index in [-0.39, 0.29) is 5.83 Å². The van der Waals surface area contributed by atoms with Gasteiger partial charge in [0.15, 0.2) is 0 Å². The Morgan fingerprint density at radius 1 is 1.33 bits per heavy atom. The normalized spacial score (nSPS) is 16.3. The fraction of sp³-hybridized carbons (Fsp3) is 0.538. The molecule has 0 aliphatic carbocycles. The van der Waals surface area contributed by atoms with Crippen molar-refractivity contribution >= 4 is 0 Å². The van der Waals surface area contributed by atoms with Crippen LogP contribution in [0.3, 0.4) is 0 Å². The molecule has 1 aliphatic heterocycles. The van der Waals surface area contributed by atoms with E-state index < -0.39 is 0 Å². The van der Waals surface area contributed by atoms with Gasteiger partial charge in [0.1, 0.15) is 5.83 Å². The minimum atomic E-state index is -0.271. The van der Waals surface area contributed by atoms with Gasteiger partial charge in [-0.3, -0.25) is 0 Å². The summed E-state index contributed by atoms with van der Waals surface area (Å²) in [6, 6.07) is 0. The van der Waals surface area contributed by atoms with Crippen LogP contribution >= 0.6 is 0 Å². The number of halogens is 1. The highest BCUT2D eigenvalue weighted by Crippen LogP contribution is 2.11. The summed E-state index contributed by atoms with van der Waals surface area (Å²) in [5.74, 6) is -0.271. The zero-order valence-corrected chi connectivity index (χ0v) is 9.69. The first kappa shape index (κ1) is 14.1. The Labute approximate surface area is 92.8 Å². The van der Waals surface area contributed by atoms with Gasteiger partial charge in [0.25, 0.3) is 0 Å². The van der Waals surface area contributed by atoms with E-state index in [0.717, 1.165) is 0 Å². The first-order valence-corrected chi connectivity index (χ1v) is 5.59. The molecule has 0 aromatic rings. The Kier molecular flexibility index (Phi) is 9.08. The van der Waals surface area contributed by atoms with E-state index in [1.54, 1.807) is 0 Å². The fourth-order valence-electron chi connectivity index (χ4n) is 1.19. The standard InChI is InChI=1S/C8H11F.C5H11N/c1-4-6-8(9)7(3)5-2;1-2-4-6-5-3-1/h4,6H,1,3,5H2,2H3;6H,1-5H2/b8-6+;. The Hall–Kier alpha value is -0.890. The molecule has 0 unspecified atom stereocenters. The molecule has 0 atom stereocenters. The van der Waals surface area contributed by atoms with Gasteiger partial charge in [-0.2, -0.15) is 0 Å². The summed E-state index contributed by atoms with van der Waals surface area (Å²) < 4.78 is 12.5. The molecule has 0 aromatic heterocycles. The maximum atomic E-state index is 12.5. The van der Waals surface area contributed by atoms with Crippen molar-refractivity contribution in [2.75, 3.05) is 13.1 Å². The quantitative estimate of drug-likeness (QED) is 0.701. The number of hydrogen-bond acceptors (Lipinski definition) is 1. The average molecular weight is 211 g/mol. The highest BCUT2D eigenvalue weighted by atomic mass is 19.1. The predicted molar refractivity (Wildman–Crippen MR) is 65.5 cm³/mol. The second-order valence-electron chi connectivity index (χ2n) is 3.52. The lowest BCUT2D eigenvalue weighted by molar-refractivity contribution is 0.520. The summed E-state index contributed by atoms with van der Waals surface area (Å²) in [5, 5.41) is 3.28. The molecule has 86 valence electrons. The molecule has 1 heterocycles. The van der Waals surface area contributed by atoms with Crippen molar-refractivity contribution in [3.05, 3.63) is 36.7 Å². The second kappa shape index (κ2) is 9.66. The minimum Gasteiger partial charge on any atom is -0.317 e. The lowest BCUT2D eigenvalue weighted by Gasteiger charge is -2.08. The zero-order chi connectivity index (χ0) is 11.5. The van der Waals surface area contributed by atoms with Crippen LogP contribution < -0.4 is 5.32 Å². The Balaban J connectivity index is 0.000000280. The van der Waals surface area contributed by atoms with Crippen LogP contribution in [0, 0.1) is 0 Å². The first-order valence-electron chi connectivity index (χ1n) is 5.59. The van der Waals surface area contributed by atoms with E-state index >= 15 is 0 Å². The van der Waals surface area contributed by atoms with Gasteiger partial charge in [-0.05, 0) is 44.0 Å². The topological polar surface area (TPSA) is 12.0 Å². The van der Waals surface area contributed by atoms with Crippen LogP contribution in [0.5, 0.6) is 0 Å². The predicted octanol–water partition coefficient (Wildman–Crippen LogP) is 3.75. The van der Waals surface area contributed by atoms with Crippen molar-refractivity contribution in [3.63, 3.8) is 0 Å². The molecule has 1 N–H and O–H groups in total. The van der Waals surface area contributed by atoms with Gasteiger partial charge in [-0.15, -0.1) is 0 Å². The van der Waals surface area contributed by atoms with Crippen LogP contribution in [-0.2, 0) is 0 Å². The third-order valence-corrected chi connectivity index (χ3v) is 2.24. The monoisotopic (exact) mass is 211 g/mol. The van der Waals surface area contributed by atoms with Gasteiger partial charge in [-0.1, -0.05) is 32.6 Å². The molecule has 1 nitrogen and oxygen atoms in total. The van der Waals surface area contributed by atoms with Gasteiger partial charge in [-0.25, -0.2) is 4.39 Å². The van der Waals surface area contributed by atoms with Crippen LogP contribution in [0.2, 0.25) is 0 Å². The highest BCUT2D eigenvalue weighted by Gasteiger charge is 1.94. The van der Waals surface area contributed by atoms with E-state index in [9.17, 15) is 4.39 Å². The van der Waals surface area contributed by atoms with Gasteiger partial charge < -0.3 is 5.32 Å². The van der Waals surface area contributed by atoms with Crippen LogP contribution in [0.25, 0.3) is 0 Å².